The summed E-state index contributed by atoms with van der Waals surface area (Å²) >= 11 is 0. The third kappa shape index (κ3) is 3.73. The molecule has 1 saturated carbocycles. The van der Waals surface area contributed by atoms with Gasteiger partial charge in [0.05, 0.1) is 0 Å². The molecule has 4 heteroatoms. The molecule has 20 heavy (non-hydrogen) atoms. The smallest absolute Gasteiger partial charge is 0.260 e. The lowest BCUT2D eigenvalue weighted by molar-refractivity contribution is -0.135. The van der Waals surface area contributed by atoms with Gasteiger partial charge < -0.3 is 9.64 Å². The Morgan fingerprint density at radius 3 is 2.45 bits per heavy atom. The third-order valence-corrected chi connectivity index (χ3v) is 4.04. The van der Waals surface area contributed by atoms with Gasteiger partial charge in [-0.3, -0.25) is 9.69 Å². The molecule has 1 saturated heterocycles. The van der Waals surface area contributed by atoms with E-state index in [4.69, 9.17) is 4.74 Å². The first kappa shape index (κ1) is 13.4. The van der Waals surface area contributed by atoms with Crippen LogP contribution in [0.3, 0.4) is 0 Å². The first-order valence-electron chi connectivity index (χ1n) is 7.49. The van der Waals surface area contributed by atoms with Gasteiger partial charge in [-0.1, -0.05) is 18.2 Å². The molecule has 1 amide bonds. The number of carbonyl (C=O) groups excluding carboxylic acids is 1. The lowest BCUT2D eigenvalue weighted by Crippen LogP contribution is -2.50. The number of piperazine rings is 1. The highest BCUT2D eigenvalue weighted by Gasteiger charge is 2.27. The van der Waals surface area contributed by atoms with Crippen LogP contribution in [-0.4, -0.2) is 55.0 Å². The molecule has 0 radical (unpaired) electrons. The molecule has 1 aliphatic heterocycles. The summed E-state index contributed by atoms with van der Waals surface area (Å²) in [4.78, 5) is 16.5. The number of hydrogen-bond acceptors (Lipinski definition) is 3. The van der Waals surface area contributed by atoms with Crippen LogP contribution < -0.4 is 4.74 Å². The minimum Gasteiger partial charge on any atom is -0.484 e. The Morgan fingerprint density at radius 1 is 1.10 bits per heavy atom. The third-order valence-electron chi connectivity index (χ3n) is 4.04. The number of benzene rings is 1. The van der Waals surface area contributed by atoms with Crippen LogP contribution in [0.15, 0.2) is 30.3 Å². The predicted molar refractivity (Wildman–Crippen MR) is 77.7 cm³/mol. The Bertz CT molecular complexity index is 437. The van der Waals surface area contributed by atoms with Crippen LogP contribution in [0.5, 0.6) is 5.75 Å². The van der Waals surface area contributed by atoms with Crippen LogP contribution >= 0.6 is 0 Å². The Kier molecular flexibility index (Phi) is 4.21. The van der Waals surface area contributed by atoms with Gasteiger partial charge in [0.25, 0.3) is 5.91 Å². The lowest BCUT2D eigenvalue weighted by Gasteiger charge is -2.34. The van der Waals surface area contributed by atoms with Gasteiger partial charge in [0.2, 0.25) is 0 Å². The van der Waals surface area contributed by atoms with Gasteiger partial charge in [-0.05, 0) is 30.9 Å². The van der Waals surface area contributed by atoms with Crippen LogP contribution in [0.25, 0.3) is 0 Å². The zero-order chi connectivity index (χ0) is 13.8. The van der Waals surface area contributed by atoms with E-state index < -0.39 is 0 Å². The number of carbonyl (C=O) groups is 1. The highest BCUT2D eigenvalue weighted by molar-refractivity contribution is 5.77. The van der Waals surface area contributed by atoms with Crippen molar-refractivity contribution in [3.05, 3.63) is 30.3 Å². The summed E-state index contributed by atoms with van der Waals surface area (Å²) in [6, 6.07) is 9.52. The van der Waals surface area contributed by atoms with E-state index in [2.05, 4.69) is 4.90 Å². The maximum atomic E-state index is 12.1. The largest absolute Gasteiger partial charge is 0.484 e. The van der Waals surface area contributed by atoms with E-state index in [0.717, 1.165) is 37.8 Å². The van der Waals surface area contributed by atoms with Crippen molar-refractivity contribution >= 4 is 5.91 Å². The molecule has 1 aromatic carbocycles. The van der Waals surface area contributed by atoms with Gasteiger partial charge in [0, 0.05) is 32.7 Å². The Labute approximate surface area is 120 Å². The van der Waals surface area contributed by atoms with Crippen molar-refractivity contribution < 1.29 is 9.53 Å². The quantitative estimate of drug-likeness (QED) is 0.818. The average Bonchev–Trinajstić information content (AvgIpc) is 3.31. The zero-order valence-corrected chi connectivity index (χ0v) is 11.8. The number of hydrogen-bond donors (Lipinski definition) is 0. The molecule has 3 rings (SSSR count). The molecule has 0 bridgehead atoms. The molecule has 0 spiro atoms. The van der Waals surface area contributed by atoms with E-state index in [1.807, 2.05) is 35.2 Å². The summed E-state index contributed by atoms with van der Waals surface area (Å²) in [6.07, 6.45) is 2.79. The second-order valence-corrected chi connectivity index (χ2v) is 5.73. The van der Waals surface area contributed by atoms with Gasteiger partial charge in [0.1, 0.15) is 5.75 Å². The first-order valence-corrected chi connectivity index (χ1v) is 7.49. The molecule has 2 fully saturated rings. The molecule has 108 valence electrons. The Morgan fingerprint density at radius 2 is 1.80 bits per heavy atom. The molecular formula is C16H22N2O2. The topological polar surface area (TPSA) is 32.8 Å². The number of amides is 1. The monoisotopic (exact) mass is 274 g/mol. The standard InChI is InChI=1S/C16H22N2O2/c19-16(13-20-15-4-2-1-3-5-15)18-10-8-17(9-11-18)12-14-6-7-14/h1-5,14H,6-13H2. The average molecular weight is 274 g/mol. The summed E-state index contributed by atoms with van der Waals surface area (Å²) < 4.78 is 5.52. The number of ether oxygens (including phenoxy) is 1. The number of nitrogens with zero attached hydrogens (tertiary/aromatic N) is 2. The van der Waals surface area contributed by atoms with Crippen molar-refractivity contribution in [2.75, 3.05) is 39.3 Å². The minimum absolute atomic E-state index is 0.0972. The summed E-state index contributed by atoms with van der Waals surface area (Å²) in [7, 11) is 0. The Balaban J connectivity index is 1.39. The van der Waals surface area contributed by atoms with Crippen molar-refractivity contribution in [1.82, 2.24) is 9.80 Å². The van der Waals surface area contributed by atoms with Crippen molar-refractivity contribution in [3.63, 3.8) is 0 Å². The maximum Gasteiger partial charge on any atom is 0.260 e. The van der Waals surface area contributed by atoms with Gasteiger partial charge >= 0.3 is 0 Å². The lowest BCUT2D eigenvalue weighted by atomic mass is 10.3. The molecule has 0 aromatic heterocycles. The molecule has 2 aliphatic rings. The van der Waals surface area contributed by atoms with Crippen LogP contribution in [0.4, 0.5) is 0 Å². The molecule has 0 atom stereocenters. The van der Waals surface area contributed by atoms with Crippen molar-refractivity contribution in [3.8, 4) is 5.75 Å². The van der Waals surface area contributed by atoms with E-state index >= 15 is 0 Å². The summed E-state index contributed by atoms with van der Waals surface area (Å²) in [5, 5.41) is 0. The highest BCUT2D eigenvalue weighted by Crippen LogP contribution is 2.29. The van der Waals surface area contributed by atoms with Gasteiger partial charge in [-0.25, -0.2) is 0 Å². The summed E-state index contributed by atoms with van der Waals surface area (Å²) in [5.41, 5.74) is 0. The molecule has 1 heterocycles. The fourth-order valence-corrected chi connectivity index (χ4v) is 2.60. The normalized spacial score (nSPS) is 19.9. The van der Waals surface area contributed by atoms with Crippen LogP contribution in [0.1, 0.15) is 12.8 Å². The van der Waals surface area contributed by atoms with Crippen molar-refractivity contribution in [2.45, 2.75) is 12.8 Å². The first-order chi connectivity index (χ1) is 9.81. The van der Waals surface area contributed by atoms with Crippen molar-refractivity contribution in [2.24, 2.45) is 5.92 Å². The van der Waals surface area contributed by atoms with E-state index in [-0.39, 0.29) is 12.5 Å². The summed E-state index contributed by atoms with van der Waals surface area (Å²) in [5.74, 6) is 1.78. The highest BCUT2D eigenvalue weighted by atomic mass is 16.5. The van der Waals surface area contributed by atoms with Crippen molar-refractivity contribution in [1.29, 1.82) is 0 Å². The summed E-state index contributed by atoms with van der Waals surface area (Å²) in [6.45, 7) is 5.06. The van der Waals surface area contributed by atoms with Gasteiger partial charge in [0.15, 0.2) is 6.61 Å². The SMILES string of the molecule is O=C(COc1ccccc1)N1CCN(CC2CC2)CC1. The minimum atomic E-state index is 0.0972. The van der Waals surface area contributed by atoms with E-state index in [1.165, 1.54) is 19.4 Å². The fourth-order valence-electron chi connectivity index (χ4n) is 2.60. The number of rotatable bonds is 5. The Hall–Kier alpha value is -1.55. The van der Waals surface area contributed by atoms with E-state index in [1.54, 1.807) is 0 Å². The van der Waals surface area contributed by atoms with E-state index in [9.17, 15) is 4.79 Å². The predicted octanol–water partition coefficient (Wildman–Crippen LogP) is 1.62. The second kappa shape index (κ2) is 6.27. The number of para-hydroxylation sites is 1. The molecule has 1 aliphatic carbocycles. The molecule has 0 N–H and O–H groups in total. The fraction of sp³-hybridized carbons (Fsp3) is 0.562. The molecular weight excluding hydrogens is 252 g/mol. The molecule has 4 nitrogen and oxygen atoms in total. The van der Waals surface area contributed by atoms with Crippen LogP contribution in [0.2, 0.25) is 0 Å². The second-order valence-electron chi connectivity index (χ2n) is 5.73. The molecule has 1 aromatic rings. The molecule has 0 unspecified atom stereocenters. The van der Waals surface area contributed by atoms with E-state index in [0.29, 0.717) is 0 Å². The van der Waals surface area contributed by atoms with Gasteiger partial charge in [-0.15, -0.1) is 0 Å². The van der Waals surface area contributed by atoms with Crippen LogP contribution in [-0.2, 0) is 4.79 Å². The van der Waals surface area contributed by atoms with Gasteiger partial charge in [-0.2, -0.15) is 0 Å². The van der Waals surface area contributed by atoms with Crippen LogP contribution in [0, 0.1) is 5.92 Å². The zero-order valence-electron chi connectivity index (χ0n) is 11.8. The maximum absolute atomic E-state index is 12.1.